The van der Waals surface area contributed by atoms with Crippen molar-refractivity contribution < 1.29 is 32.3 Å². The van der Waals surface area contributed by atoms with E-state index in [1.165, 1.54) is 48.7 Å². The minimum atomic E-state index is -1.28. The van der Waals surface area contributed by atoms with Gasteiger partial charge in [0.1, 0.15) is 17.4 Å². The number of carbonyl (C=O) groups is 3. The van der Waals surface area contributed by atoms with Crippen molar-refractivity contribution in [3.05, 3.63) is 82.8 Å². The molecule has 2 aliphatic rings. The van der Waals surface area contributed by atoms with Crippen LogP contribution in [0.3, 0.4) is 0 Å². The molecule has 5 rings (SSSR count). The van der Waals surface area contributed by atoms with E-state index in [2.05, 4.69) is 10.3 Å². The van der Waals surface area contributed by atoms with Crippen LogP contribution in [0.15, 0.2) is 48.7 Å². The number of amides is 1. The number of halogens is 3. The molecule has 0 unspecified atom stereocenters. The van der Waals surface area contributed by atoms with E-state index >= 15 is 0 Å². The average molecular weight is 480 g/mol. The number of rotatable bonds is 8. The number of Topliss-reactive ketones (excluding diaryl/α,β-unsaturated/α-hetero) is 2. The molecule has 0 radical (unpaired) electrons. The van der Waals surface area contributed by atoms with Crippen LogP contribution in [0.5, 0.6) is 11.5 Å². The second-order valence-corrected chi connectivity index (χ2v) is 8.72. The number of anilines is 1. The lowest BCUT2D eigenvalue weighted by atomic mass is 9.87. The third kappa shape index (κ3) is 4.29. The van der Waals surface area contributed by atoms with Crippen molar-refractivity contribution in [3.63, 3.8) is 0 Å². The maximum atomic E-state index is 14.8. The molecule has 1 amide bonds. The second kappa shape index (κ2) is 8.65. The van der Waals surface area contributed by atoms with Crippen molar-refractivity contribution in [1.82, 2.24) is 4.98 Å². The highest BCUT2D eigenvalue weighted by molar-refractivity contribution is 6.11. The Morgan fingerprint density at radius 2 is 1.63 bits per heavy atom. The highest BCUT2D eigenvalue weighted by Gasteiger charge is 2.54. The van der Waals surface area contributed by atoms with Crippen LogP contribution in [0.4, 0.5) is 19.0 Å². The summed E-state index contributed by atoms with van der Waals surface area (Å²) in [5.41, 5.74) is -0.387. The highest BCUT2D eigenvalue weighted by atomic mass is 19.2. The molecule has 1 aromatic heterocycles. The van der Waals surface area contributed by atoms with Gasteiger partial charge in [-0.3, -0.25) is 14.4 Å². The Bertz CT molecular complexity index is 1370. The summed E-state index contributed by atoms with van der Waals surface area (Å²) >= 11 is 0. The Hall–Kier alpha value is -4.01. The fourth-order valence-electron chi connectivity index (χ4n) is 4.23. The van der Waals surface area contributed by atoms with E-state index in [0.29, 0.717) is 29.8 Å². The number of fused-ring (bicyclic) bond motifs is 1. The summed E-state index contributed by atoms with van der Waals surface area (Å²) in [5.74, 6) is -3.96. The van der Waals surface area contributed by atoms with Crippen LogP contribution in [-0.4, -0.2) is 22.5 Å². The molecule has 6 nitrogen and oxygen atoms in total. The lowest BCUT2D eigenvalue weighted by molar-refractivity contribution is -0.134. The number of hydrogen-bond acceptors (Lipinski definition) is 5. The number of pyridine rings is 1. The van der Waals surface area contributed by atoms with Gasteiger partial charge in [0.05, 0.1) is 11.8 Å². The number of benzene rings is 2. The zero-order chi connectivity index (χ0) is 24.7. The molecule has 1 N–H and O–H groups in total. The maximum absolute atomic E-state index is 14.8. The number of aromatic nitrogens is 1. The van der Waals surface area contributed by atoms with Crippen LogP contribution in [0, 0.1) is 22.9 Å². The molecule has 178 valence electrons. The van der Waals surface area contributed by atoms with Gasteiger partial charge in [0, 0.05) is 24.6 Å². The smallest absolute Gasteiger partial charge is 0.230 e. The first-order chi connectivity index (χ1) is 16.8. The summed E-state index contributed by atoms with van der Waals surface area (Å²) in [6.07, 6.45) is 1.58. The van der Waals surface area contributed by atoms with Gasteiger partial charge in [-0.1, -0.05) is 18.2 Å². The van der Waals surface area contributed by atoms with E-state index in [-0.39, 0.29) is 35.8 Å². The quantitative estimate of drug-likeness (QED) is 0.481. The Balaban J connectivity index is 1.31. The minimum Gasteiger partial charge on any atom is -0.454 e. The van der Waals surface area contributed by atoms with Crippen LogP contribution < -0.4 is 10.1 Å². The first kappa shape index (κ1) is 22.8. The van der Waals surface area contributed by atoms with Gasteiger partial charge in [0.25, 0.3) is 0 Å². The summed E-state index contributed by atoms with van der Waals surface area (Å²) in [7, 11) is 0. The fraction of sp³-hybridized carbons (Fsp3) is 0.231. The van der Waals surface area contributed by atoms with E-state index in [1.807, 2.05) is 0 Å². The van der Waals surface area contributed by atoms with E-state index in [0.717, 1.165) is 0 Å². The third-order valence-electron chi connectivity index (χ3n) is 6.40. The third-order valence-corrected chi connectivity index (χ3v) is 6.40. The molecule has 1 aliphatic carbocycles. The fourth-order valence-corrected chi connectivity index (χ4v) is 4.23. The molecule has 1 fully saturated rings. The molecule has 2 aromatic carbocycles. The number of ether oxygens (including phenoxy) is 1. The van der Waals surface area contributed by atoms with Gasteiger partial charge in [-0.25, -0.2) is 13.8 Å². The zero-order valence-corrected chi connectivity index (χ0v) is 18.4. The monoisotopic (exact) mass is 480 g/mol. The number of hydrogen-bond donors (Lipinski definition) is 1. The van der Waals surface area contributed by atoms with Crippen LogP contribution in [0.1, 0.15) is 29.5 Å². The van der Waals surface area contributed by atoms with Gasteiger partial charge >= 0.3 is 0 Å². The Morgan fingerprint density at radius 1 is 0.914 bits per heavy atom. The van der Waals surface area contributed by atoms with Crippen molar-refractivity contribution >= 4 is 23.3 Å². The van der Waals surface area contributed by atoms with Gasteiger partial charge in [0.2, 0.25) is 11.7 Å². The summed E-state index contributed by atoms with van der Waals surface area (Å²) in [6, 6.07) is 9.32. The van der Waals surface area contributed by atoms with Gasteiger partial charge < -0.3 is 10.1 Å². The highest BCUT2D eigenvalue weighted by Crippen LogP contribution is 2.49. The molecule has 1 saturated carbocycles. The molecule has 0 bridgehead atoms. The molecular weight excluding hydrogens is 461 g/mol. The topological polar surface area (TPSA) is 85.4 Å². The molecule has 9 heteroatoms. The lowest BCUT2D eigenvalue weighted by Gasteiger charge is -2.15. The summed E-state index contributed by atoms with van der Waals surface area (Å²) < 4.78 is 48.3. The lowest BCUT2D eigenvalue weighted by Crippen LogP contribution is -2.29. The van der Waals surface area contributed by atoms with Crippen molar-refractivity contribution in [1.29, 1.82) is 0 Å². The first-order valence-electron chi connectivity index (χ1n) is 11.0. The number of nitrogens with one attached hydrogen (secondary N) is 1. The van der Waals surface area contributed by atoms with Crippen LogP contribution in [0.25, 0.3) is 0 Å². The molecule has 0 saturated heterocycles. The second-order valence-electron chi connectivity index (χ2n) is 8.72. The predicted octanol–water partition coefficient (Wildman–Crippen LogP) is 4.49. The maximum Gasteiger partial charge on any atom is 0.230 e. The number of ketones is 2. The van der Waals surface area contributed by atoms with Gasteiger partial charge in [-0.15, -0.1) is 0 Å². The summed E-state index contributed by atoms with van der Waals surface area (Å²) in [5, 5.41) is 2.55. The van der Waals surface area contributed by atoms with E-state index < -0.39 is 40.8 Å². The van der Waals surface area contributed by atoms with Crippen molar-refractivity contribution in [2.45, 2.75) is 32.1 Å². The molecular formula is C26H19F3N2O4. The zero-order valence-electron chi connectivity index (χ0n) is 18.4. The van der Waals surface area contributed by atoms with Gasteiger partial charge in [-0.05, 0) is 48.2 Å². The standard InChI is InChI=1S/C26H19F3N2O4/c27-16-4-1-14(2-5-16)11-20(32)26(8-9-26)21(33)12-15-3-6-19(24(29)23(15)28)35-18-7-10-30-25-17(18)13-22(34)31-25/h1-7,10H,8-9,11-13H2,(H,30,31,34). The van der Waals surface area contributed by atoms with E-state index in [4.69, 9.17) is 4.74 Å². The molecule has 0 atom stereocenters. The molecule has 2 heterocycles. The largest absolute Gasteiger partial charge is 0.454 e. The molecule has 0 spiro atoms. The number of carbonyl (C=O) groups excluding carboxylic acids is 3. The van der Waals surface area contributed by atoms with Crippen molar-refractivity contribution in [2.24, 2.45) is 5.41 Å². The van der Waals surface area contributed by atoms with Gasteiger partial charge in [0.15, 0.2) is 23.1 Å². The normalized spacial score (nSPS) is 15.3. The van der Waals surface area contributed by atoms with Gasteiger partial charge in [-0.2, -0.15) is 4.39 Å². The average Bonchev–Trinajstić information content (AvgIpc) is 3.56. The summed E-state index contributed by atoms with van der Waals surface area (Å²) in [6.45, 7) is 0. The van der Waals surface area contributed by atoms with Crippen LogP contribution >= 0.6 is 0 Å². The Morgan fingerprint density at radius 3 is 2.34 bits per heavy atom. The Kier molecular flexibility index (Phi) is 5.62. The molecule has 1 aliphatic heterocycles. The Labute approximate surface area is 198 Å². The van der Waals surface area contributed by atoms with E-state index in [1.54, 1.807) is 0 Å². The first-order valence-corrected chi connectivity index (χ1v) is 11.0. The molecule has 3 aromatic rings. The summed E-state index contributed by atoms with van der Waals surface area (Å²) in [4.78, 5) is 41.4. The van der Waals surface area contributed by atoms with Crippen LogP contribution in [-0.2, 0) is 33.6 Å². The van der Waals surface area contributed by atoms with Crippen LogP contribution in [0.2, 0.25) is 0 Å². The molecule has 35 heavy (non-hydrogen) atoms. The van der Waals surface area contributed by atoms with E-state index in [9.17, 15) is 27.6 Å². The minimum absolute atomic E-state index is 0.00320. The number of nitrogens with zero attached hydrogens (tertiary/aromatic N) is 1. The SMILES string of the molecule is O=C1Cc2c(Oc3ccc(CC(=O)C4(C(=O)Cc5ccc(F)cc5)CC4)c(F)c3F)ccnc2N1. The predicted molar refractivity (Wildman–Crippen MR) is 118 cm³/mol. The van der Waals surface area contributed by atoms with Crippen molar-refractivity contribution in [3.8, 4) is 11.5 Å². The van der Waals surface area contributed by atoms with Crippen molar-refractivity contribution in [2.75, 3.05) is 5.32 Å².